The molecule has 0 aliphatic heterocycles. The fraction of sp³-hybridized carbons (Fsp3) is 0.279. The van der Waals surface area contributed by atoms with E-state index in [-0.39, 0.29) is 6.61 Å². The average molecular weight is 734 g/mol. The number of aliphatic hydroxyl groups excluding tert-OH is 1. The Balaban J connectivity index is 0.825. The van der Waals surface area contributed by atoms with Crippen molar-refractivity contribution in [3.8, 4) is 27.8 Å². The number of benzene rings is 5. The lowest BCUT2D eigenvalue weighted by Gasteiger charge is -2.19. The molecule has 0 radical (unpaired) electrons. The Bertz CT molecular complexity index is 1910. The number of aromatic nitrogens is 1. The first-order valence-corrected chi connectivity index (χ1v) is 18.7. The number of aliphatic hydroxyl groups is 1. The molecular formula is C43H47N3O6S. The summed E-state index contributed by atoms with van der Waals surface area (Å²) in [6, 6.07) is 42.2. The van der Waals surface area contributed by atoms with Crippen LogP contribution in [0.25, 0.3) is 20.8 Å². The monoisotopic (exact) mass is 733 g/mol. The summed E-state index contributed by atoms with van der Waals surface area (Å²) in [5, 5.41) is 14.8. The minimum absolute atomic E-state index is 0.131. The Morgan fingerprint density at radius 2 is 1.36 bits per heavy atom. The van der Waals surface area contributed by atoms with Gasteiger partial charge in [0.2, 0.25) is 0 Å². The SMILES string of the molecule is CN(CCOCCOCCNCC(O)COc1ccc(OCc2ccccc2)c(OCc2ccccc2)c1)c1ccc(-c2nc3ccccc3s2)cc1. The molecule has 0 bridgehead atoms. The number of rotatable bonds is 22. The largest absolute Gasteiger partial charge is 0.491 e. The van der Waals surface area contributed by atoms with E-state index in [0.717, 1.165) is 39.4 Å². The maximum Gasteiger partial charge on any atom is 0.165 e. The fourth-order valence-corrected chi connectivity index (χ4v) is 6.42. The molecule has 1 unspecified atom stereocenters. The van der Waals surface area contributed by atoms with E-state index in [1.165, 1.54) is 4.70 Å². The predicted molar refractivity (Wildman–Crippen MR) is 212 cm³/mol. The van der Waals surface area contributed by atoms with Crippen molar-refractivity contribution in [2.45, 2.75) is 19.3 Å². The summed E-state index contributed by atoms with van der Waals surface area (Å²) in [4.78, 5) is 6.94. The van der Waals surface area contributed by atoms with Crippen LogP contribution in [0.5, 0.6) is 17.2 Å². The van der Waals surface area contributed by atoms with E-state index in [1.54, 1.807) is 17.4 Å². The van der Waals surface area contributed by atoms with E-state index >= 15 is 0 Å². The summed E-state index contributed by atoms with van der Waals surface area (Å²) >= 11 is 1.71. The summed E-state index contributed by atoms with van der Waals surface area (Å²) < 4.78 is 30.8. The lowest BCUT2D eigenvalue weighted by atomic mass is 10.2. The van der Waals surface area contributed by atoms with E-state index in [9.17, 15) is 5.11 Å². The molecule has 1 heterocycles. The topological polar surface area (TPSA) is 94.5 Å². The van der Waals surface area contributed by atoms with Crippen molar-refractivity contribution >= 4 is 27.2 Å². The van der Waals surface area contributed by atoms with E-state index in [1.807, 2.05) is 84.9 Å². The highest BCUT2D eigenvalue weighted by molar-refractivity contribution is 7.21. The van der Waals surface area contributed by atoms with Gasteiger partial charge in [-0.05, 0) is 59.7 Å². The van der Waals surface area contributed by atoms with Crippen molar-refractivity contribution < 1.29 is 28.8 Å². The molecule has 0 aliphatic rings. The van der Waals surface area contributed by atoms with Gasteiger partial charge in [-0.15, -0.1) is 11.3 Å². The summed E-state index contributed by atoms with van der Waals surface area (Å²) in [5.74, 6) is 1.79. The average Bonchev–Trinajstić information content (AvgIpc) is 3.65. The first-order chi connectivity index (χ1) is 26.1. The van der Waals surface area contributed by atoms with Crippen molar-refractivity contribution in [3.05, 3.63) is 139 Å². The molecule has 6 rings (SSSR count). The van der Waals surface area contributed by atoms with Gasteiger partial charge in [-0.3, -0.25) is 0 Å². The number of hydrogen-bond acceptors (Lipinski definition) is 10. The van der Waals surface area contributed by atoms with Gasteiger partial charge in [-0.2, -0.15) is 0 Å². The van der Waals surface area contributed by atoms with E-state index < -0.39 is 6.10 Å². The molecule has 10 heteroatoms. The number of nitrogens with zero attached hydrogens (tertiary/aromatic N) is 2. The molecule has 0 saturated heterocycles. The van der Waals surface area contributed by atoms with Crippen LogP contribution in [0, 0.1) is 0 Å². The molecule has 2 N–H and O–H groups in total. The van der Waals surface area contributed by atoms with Crippen LogP contribution in [0.4, 0.5) is 5.69 Å². The molecule has 1 atom stereocenters. The zero-order chi connectivity index (χ0) is 36.5. The molecule has 5 aromatic carbocycles. The maximum absolute atomic E-state index is 10.5. The number of nitrogens with one attached hydrogen (secondary N) is 1. The summed E-state index contributed by atoms with van der Waals surface area (Å²) in [6.45, 7) is 4.86. The van der Waals surface area contributed by atoms with Crippen LogP contribution < -0.4 is 24.4 Å². The first kappa shape index (κ1) is 37.8. The second-order valence-corrected chi connectivity index (χ2v) is 13.5. The van der Waals surface area contributed by atoms with Crippen molar-refractivity contribution in [3.63, 3.8) is 0 Å². The number of para-hydroxylation sites is 1. The number of likely N-dealkylation sites (N-methyl/N-ethyl adjacent to an activating group) is 1. The molecule has 0 amide bonds. The van der Waals surface area contributed by atoms with Crippen molar-refractivity contribution in [1.29, 1.82) is 0 Å². The third-order valence-electron chi connectivity index (χ3n) is 8.43. The van der Waals surface area contributed by atoms with E-state index in [4.69, 9.17) is 28.7 Å². The zero-order valence-corrected chi connectivity index (χ0v) is 30.9. The summed E-state index contributed by atoms with van der Waals surface area (Å²) in [6.07, 6.45) is -0.693. The molecule has 0 saturated carbocycles. The van der Waals surface area contributed by atoms with Gasteiger partial charge >= 0.3 is 0 Å². The number of fused-ring (bicyclic) bond motifs is 1. The van der Waals surface area contributed by atoms with Gasteiger partial charge in [0.25, 0.3) is 0 Å². The third kappa shape index (κ3) is 12.0. The number of ether oxygens (including phenoxy) is 5. The second kappa shape index (κ2) is 20.3. The van der Waals surface area contributed by atoms with Crippen LogP contribution in [0.15, 0.2) is 127 Å². The molecule has 0 spiro atoms. The Kier molecular flexibility index (Phi) is 14.5. The van der Waals surface area contributed by atoms with Crippen LogP contribution in [-0.4, -0.2) is 75.9 Å². The van der Waals surface area contributed by atoms with Gasteiger partial charge in [0.15, 0.2) is 11.5 Å². The summed E-state index contributed by atoms with van der Waals surface area (Å²) in [7, 11) is 2.06. The zero-order valence-electron chi connectivity index (χ0n) is 30.1. The van der Waals surface area contributed by atoms with E-state index in [0.29, 0.717) is 70.0 Å². The van der Waals surface area contributed by atoms with Crippen LogP contribution in [-0.2, 0) is 22.7 Å². The van der Waals surface area contributed by atoms with Gasteiger partial charge in [0, 0.05) is 44.0 Å². The lowest BCUT2D eigenvalue weighted by Crippen LogP contribution is -2.33. The second-order valence-electron chi connectivity index (χ2n) is 12.5. The highest BCUT2D eigenvalue weighted by Gasteiger charge is 2.12. The molecule has 9 nitrogen and oxygen atoms in total. The number of hydrogen-bond donors (Lipinski definition) is 2. The highest BCUT2D eigenvalue weighted by Crippen LogP contribution is 2.33. The quantitative estimate of drug-likeness (QED) is 0.0684. The van der Waals surface area contributed by atoms with Crippen LogP contribution in [0.2, 0.25) is 0 Å². The molecule has 1 aromatic heterocycles. The predicted octanol–water partition coefficient (Wildman–Crippen LogP) is 7.62. The maximum atomic E-state index is 10.5. The van der Waals surface area contributed by atoms with Crippen LogP contribution >= 0.6 is 11.3 Å². The smallest absolute Gasteiger partial charge is 0.165 e. The van der Waals surface area contributed by atoms with E-state index in [2.05, 4.69) is 53.7 Å². The first-order valence-electron chi connectivity index (χ1n) is 17.9. The third-order valence-corrected chi connectivity index (χ3v) is 9.51. The Labute approximate surface area is 315 Å². The molecule has 6 aromatic rings. The van der Waals surface area contributed by atoms with Gasteiger partial charge in [0.1, 0.15) is 36.7 Å². The number of thiazole rings is 1. The molecular weight excluding hydrogens is 687 g/mol. The minimum Gasteiger partial charge on any atom is -0.491 e. The fourth-order valence-electron chi connectivity index (χ4n) is 5.45. The Hall–Kier alpha value is -4.97. The van der Waals surface area contributed by atoms with Crippen LogP contribution in [0.1, 0.15) is 11.1 Å². The van der Waals surface area contributed by atoms with Crippen molar-refractivity contribution in [2.24, 2.45) is 0 Å². The normalized spacial score (nSPS) is 11.7. The lowest BCUT2D eigenvalue weighted by molar-refractivity contribution is 0.0496. The van der Waals surface area contributed by atoms with Crippen molar-refractivity contribution in [2.75, 3.05) is 64.6 Å². The molecule has 0 fully saturated rings. The molecule has 276 valence electrons. The van der Waals surface area contributed by atoms with Gasteiger partial charge in [-0.1, -0.05) is 72.8 Å². The molecule has 0 aliphatic carbocycles. The standard InChI is InChI=1S/C43H47N3O6S/c1-46(36-18-16-35(17-19-36)43-45-39-14-8-9-15-42(39)53-43)23-25-49-27-26-48-24-22-44-29-37(47)32-50-38-20-21-40(51-30-33-10-4-2-5-11-33)41(28-38)52-31-34-12-6-3-7-13-34/h2-21,28,37,44,47H,22-27,29-32H2,1H3. The Morgan fingerprint density at radius 3 is 2.08 bits per heavy atom. The number of anilines is 1. The highest BCUT2D eigenvalue weighted by atomic mass is 32.1. The summed E-state index contributed by atoms with van der Waals surface area (Å²) in [5.41, 5.74) is 5.41. The Morgan fingerprint density at radius 1 is 0.698 bits per heavy atom. The van der Waals surface area contributed by atoms with Crippen molar-refractivity contribution in [1.82, 2.24) is 10.3 Å². The van der Waals surface area contributed by atoms with Gasteiger partial charge in [-0.25, -0.2) is 4.98 Å². The minimum atomic E-state index is -0.693. The molecule has 53 heavy (non-hydrogen) atoms. The van der Waals surface area contributed by atoms with Crippen LogP contribution in [0.3, 0.4) is 0 Å². The van der Waals surface area contributed by atoms with Gasteiger partial charge < -0.3 is 39.0 Å². The van der Waals surface area contributed by atoms with Gasteiger partial charge in [0.05, 0.1) is 36.6 Å².